The van der Waals surface area contributed by atoms with E-state index in [-0.39, 0.29) is 23.2 Å². The van der Waals surface area contributed by atoms with Gasteiger partial charge in [0.05, 0.1) is 12.2 Å². The summed E-state index contributed by atoms with van der Waals surface area (Å²) in [7, 11) is 0. The lowest BCUT2D eigenvalue weighted by molar-refractivity contribution is -0.125. The zero-order valence-corrected chi connectivity index (χ0v) is 7.46. The van der Waals surface area contributed by atoms with Crippen molar-refractivity contribution in [3.8, 4) is 0 Å². The van der Waals surface area contributed by atoms with Crippen LogP contribution >= 0.6 is 11.6 Å². The number of hydrogen-bond donors (Lipinski definition) is 0. The Balaban J connectivity index is 2.13. The molecule has 12 heavy (non-hydrogen) atoms. The summed E-state index contributed by atoms with van der Waals surface area (Å²) in [6, 6.07) is 0. The Hall–Kier alpha value is -0.500. The molecular weight excluding hydrogens is 176 g/mol. The summed E-state index contributed by atoms with van der Waals surface area (Å²) in [5, 5.41) is 0.158. The average Bonchev–Trinajstić information content (AvgIpc) is 2.07. The molecule has 0 radical (unpaired) electrons. The molecule has 0 spiro atoms. The largest absolute Gasteiger partial charge is 0.497 e. The third-order valence-corrected chi connectivity index (χ3v) is 2.97. The van der Waals surface area contributed by atoms with Gasteiger partial charge in [-0.1, -0.05) is 0 Å². The number of ketones is 1. The van der Waals surface area contributed by atoms with Crippen LogP contribution in [-0.2, 0) is 9.53 Å². The summed E-state index contributed by atoms with van der Waals surface area (Å²) < 4.78 is 5.34. The number of halogens is 1. The minimum atomic E-state index is 0.0197. The van der Waals surface area contributed by atoms with E-state index in [1.54, 1.807) is 0 Å². The highest BCUT2D eigenvalue weighted by Gasteiger charge is 2.36. The molecule has 66 valence electrons. The molecule has 1 fully saturated rings. The molecular formula is C9H11ClO2. The maximum absolute atomic E-state index is 11.3. The zero-order chi connectivity index (χ0) is 8.55. The highest BCUT2D eigenvalue weighted by molar-refractivity contribution is 6.20. The predicted octanol–water partition coefficient (Wildman–Crippen LogP) is 1.88. The van der Waals surface area contributed by atoms with Gasteiger partial charge < -0.3 is 4.74 Å². The predicted molar refractivity (Wildman–Crippen MR) is 46.0 cm³/mol. The SMILES string of the molecule is O=C1C=COC2CCC(Cl)CC12. The maximum atomic E-state index is 11.3. The standard InChI is InChI=1S/C9H11ClO2/c10-6-1-2-9-7(5-6)8(11)3-4-12-9/h3-4,6-7,9H,1-2,5H2. The van der Waals surface area contributed by atoms with Crippen LogP contribution in [0.5, 0.6) is 0 Å². The van der Waals surface area contributed by atoms with Gasteiger partial charge in [0.1, 0.15) is 6.10 Å². The Morgan fingerprint density at radius 1 is 1.50 bits per heavy atom. The normalized spacial score (nSPS) is 40.4. The fourth-order valence-corrected chi connectivity index (χ4v) is 2.20. The van der Waals surface area contributed by atoms with E-state index in [4.69, 9.17) is 16.3 Å². The van der Waals surface area contributed by atoms with Crippen molar-refractivity contribution >= 4 is 17.4 Å². The summed E-state index contributed by atoms with van der Waals surface area (Å²) in [4.78, 5) is 11.3. The highest BCUT2D eigenvalue weighted by Crippen LogP contribution is 2.33. The van der Waals surface area contributed by atoms with E-state index in [0.29, 0.717) is 0 Å². The number of carbonyl (C=O) groups excluding carboxylic acids is 1. The van der Waals surface area contributed by atoms with Crippen molar-refractivity contribution in [2.75, 3.05) is 0 Å². The maximum Gasteiger partial charge on any atom is 0.165 e. The molecule has 1 aliphatic heterocycles. The van der Waals surface area contributed by atoms with Gasteiger partial charge in [-0.3, -0.25) is 4.79 Å². The Bertz CT molecular complexity index is 225. The third kappa shape index (κ3) is 1.36. The first kappa shape index (κ1) is 8.11. The number of ether oxygens (including phenoxy) is 1. The van der Waals surface area contributed by atoms with E-state index < -0.39 is 0 Å². The molecule has 3 unspecified atom stereocenters. The molecule has 3 heteroatoms. The molecule has 2 aliphatic rings. The molecule has 0 bridgehead atoms. The first-order valence-corrected chi connectivity index (χ1v) is 4.71. The number of hydrogen-bond acceptors (Lipinski definition) is 2. The smallest absolute Gasteiger partial charge is 0.165 e. The van der Waals surface area contributed by atoms with E-state index in [1.807, 2.05) is 0 Å². The first-order valence-electron chi connectivity index (χ1n) is 4.27. The molecule has 3 atom stereocenters. The second kappa shape index (κ2) is 3.09. The van der Waals surface area contributed by atoms with Crippen LogP contribution in [0, 0.1) is 5.92 Å². The summed E-state index contributed by atoms with van der Waals surface area (Å²) in [5.74, 6) is 0.197. The van der Waals surface area contributed by atoms with Gasteiger partial charge >= 0.3 is 0 Å². The van der Waals surface area contributed by atoms with Gasteiger partial charge in [-0.25, -0.2) is 0 Å². The van der Waals surface area contributed by atoms with Crippen molar-refractivity contribution in [1.29, 1.82) is 0 Å². The monoisotopic (exact) mass is 186 g/mol. The van der Waals surface area contributed by atoms with Crippen molar-refractivity contribution in [2.24, 2.45) is 5.92 Å². The molecule has 0 N–H and O–H groups in total. The Morgan fingerprint density at radius 3 is 3.17 bits per heavy atom. The van der Waals surface area contributed by atoms with Crippen molar-refractivity contribution in [2.45, 2.75) is 30.7 Å². The van der Waals surface area contributed by atoms with Gasteiger partial charge in [0.15, 0.2) is 5.78 Å². The van der Waals surface area contributed by atoms with Crippen LogP contribution in [0.4, 0.5) is 0 Å². The summed E-state index contributed by atoms with van der Waals surface area (Å²) >= 11 is 5.97. The summed E-state index contributed by atoms with van der Waals surface area (Å²) in [6.45, 7) is 0. The Morgan fingerprint density at radius 2 is 2.33 bits per heavy atom. The van der Waals surface area contributed by atoms with E-state index >= 15 is 0 Å². The second-order valence-electron chi connectivity index (χ2n) is 3.40. The van der Waals surface area contributed by atoms with E-state index in [2.05, 4.69) is 0 Å². The van der Waals surface area contributed by atoms with E-state index in [9.17, 15) is 4.79 Å². The van der Waals surface area contributed by atoms with Crippen LogP contribution in [0.15, 0.2) is 12.3 Å². The number of fused-ring (bicyclic) bond motifs is 1. The minimum absolute atomic E-state index is 0.0197. The second-order valence-corrected chi connectivity index (χ2v) is 4.01. The summed E-state index contributed by atoms with van der Waals surface area (Å²) in [5.41, 5.74) is 0. The van der Waals surface area contributed by atoms with Gasteiger partial charge in [-0.15, -0.1) is 11.6 Å². The number of alkyl halides is 1. The third-order valence-electron chi connectivity index (χ3n) is 2.57. The van der Waals surface area contributed by atoms with Gasteiger partial charge in [-0.05, 0) is 19.3 Å². The highest BCUT2D eigenvalue weighted by atomic mass is 35.5. The average molecular weight is 187 g/mol. The topological polar surface area (TPSA) is 26.3 Å². The van der Waals surface area contributed by atoms with Crippen LogP contribution in [0.25, 0.3) is 0 Å². The molecule has 1 saturated carbocycles. The van der Waals surface area contributed by atoms with Crippen LogP contribution in [0.1, 0.15) is 19.3 Å². The van der Waals surface area contributed by atoms with Gasteiger partial charge in [-0.2, -0.15) is 0 Å². The molecule has 0 aromatic heterocycles. The molecule has 0 aromatic carbocycles. The van der Waals surface area contributed by atoms with Gasteiger partial charge in [0, 0.05) is 11.5 Å². The van der Waals surface area contributed by atoms with Crippen LogP contribution in [0.2, 0.25) is 0 Å². The van der Waals surface area contributed by atoms with Crippen molar-refractivity contribution in [3.05, 3.63) is 12.3 Å². The van der Waals surface area contributed by atoms with Gasteiger partial charge in [0.25, 0.3) is 0 Å². The van der Waals surface area contributed by atoms with E-state index in [0.717, 1.165) is 19.3 Å². The molecule has 0 amide bonds. The fourth-order valence-electron chi connectivity index (χ4n) is 1.88. The lowest BCUT2D eigenvalue weighted by Crippen LogP contribution is -2.37. The molecule has 0 aromatic rings. The van der Waals surface area contributed by atoms with E-state index in [1.165, 1.54) is 12.3 Å². The van der Waals surface area contributed by atoms with Crippen LogP contribution in [0.3, 0.4) is 0 Å². The quantitative estimate of drug-likeness (QED) is 0.540. The van der Waals surface area contributed by atoms with Crippen molar-refractivity contribution in [1.82, 2.24) is 0 Å². The van der Waals surface area contributed by atoms with Crippen LogP contribution in [-0.4, -0.2) is 17.3 Å². The molecule has 1 heterocycles. The number of rotatable bonds is 0. The van der Waals surface area contributed by atoms with Crippen molar-refractivity contribution in [3.63, 3.8) is 0 Å². The summed E-state index contributed by atoms with van der Waals surface area (Å²) in [6.07, 6.45) is 5.76. The van der Waals surface area contributed by atoms with Crippen LogP contribution < -0.4 is 0 Å². The number of carbonyl (C=O) groups is 1. The molecule has 2 nitrogen and oxygen atoms in total. The zero-order valence-electron chi connectivity index (χ0n) is 6.70. The molecule has 2 rings (SSSR count). The lowest BCUT2D eigenvalue weighted by atomic mass is 9.82. The lowest BCUT2D eigenvalue weighted by Gasteiger charge is -2.33. The molecule has 1 aliphatic carbocycles. The fraction of sp³-hybridized carbons (Fsp3) is 0.667. The Kier molecular flexibility index (Phi) is 2.09. The van der Waals surface area contributed by atoms with Crippen molar-refractivity contribution < 1.29 is 9.53 Å². The minimum Gasteiger partial charge on any atom is -0.497 e. The molecule has 0 saturated heterocycles. The first-order chi connectivity index (χ1) is 5.77. The number of allylic oxidation sites excluding steroid dienone is 1. The Labute approximate surface area is 76.5 Å². The van der Waals surface area contributed by atoms with Gasteiger partial charge in [0.2, 0.25) is 0 Å².